The van der Waals surface area contributed by atoms with Gasteiger partial charge in [0.2, 0.25) is 17.5 Å². The van der Waals surface area contributed by atoms with Crippen LogP contribution in [0.5, 0.6) is 11.6 Å². The molecule has 5 aromatic carbocycles. The van der Waals surface area contributed by atoms with Gasteiger partial charge in [0.15, 0.2) is 75.7 Å². The molecule has 0 aliphatic heterocycles. The molecule has 1 heterocycles. The Kier molecular flexibility index (Phi) is 9.74. The van der Waals surface area contributed by atoms with Gasteiger partial charge < -0.3 is 24.4 Å². The summed E-state index contributed by atoms with van der Waals surface area (Å²) in [7, 11) is -3.11. The number of H-pyrrole nitrogens is 1. The van der Waals surface area contributed by atoms with E-state index in [9.17, 15) is 49.6 Å². The largest absolute Gasteiger partial charge is 0.708 e. The monoisotopic (exact) mass is 781 g/mol. The molecule has 1 aromatic heterocycles. The Labute approximate surface area is 289 Å². The average Bonchev–Trinajstić information content (AvgIpc) is 3.49. The zero-order chi connectivity index (χ0) is 39.7. The number of hydrogen-bond acceptors (Lipinski definition) is 4. The molecule has 0 atom stereocenters. The summed E-state index contributed by atoms with van der Waals surface area (Å²) in [5, 5.41) is 17.6. The second-order valence-corrected chi connectivity index (χ2v) is 10.9. The maximum Gasteiger partial charge on any atom is 0.708 e. The van der Waals surface area contributed by atoms with Crippen molar-refractivity contribution >= 4 is 18.2 Å². The molecule has 280 valence electrons. The van der Waals surface area contributed by atoms with Gasteiger partial charge in [-0.1, -0.05) is 30.3 Å². The van der Waals surface area contributed by atoms with Gasteiger partial charge in [0.05, 0.1) is 27.8 Å². The van der Waals surface area contributed by atoms with Crippen LogP contribution in [-0.4, -0.2) is 22.4 Å². The fourth-order valence-electron chi connectivity index (χ4n) is 5.55. The molecular weight excluding hydrogens is 770 g/mol. The fraction of sp³-hybridized carbons (Fsp3) is 0.0303. The van der Waals surface area contributed by atoms with E-state index in [0.717, 1.165) is 0 Å². The molecule has 0 bridgehead atoms. The van der Waals surface area contributed by atoms with Crippen molar-refractivity contribution in [1.82, 2.24) is 4.98 Å². The first kappa shape index (κ1) is 37.9. The summed E-state index contributed by atoms with van der Waals surface area (Å²) in [6.45, 7) is -0.960. The molecule has 0 saturated carbocycles. The van der Waals surface area contributed by atoms with E-state index in [4.69, 9.17) is 4.74 Å². The molecule has 3 N–H and O–H groups in total. The highest BCUT2D eigenvalue weighted by Gasteiger charge is 2.39. The third-order valence-corrected chi connectivity index (χ3v) is 7.85. The van der Waals surface area contributed by atoms with Crippen LogP contribution in [0.15, 0.2) is 36.4 Å². The minimum atomic E-state index is -3.11. The van der Waals surface area contributed by atoms with E-state index in [-0.39, 0.29) is 11.6 Å². The maximum absolute atomic E-state index is 15.8. The van der Waals surface area contributed by atoms with Crippen molar-refractivity contribution in [3.8, 4) is 45.0 Å². The van der Waals surface area contributed by atoms with E-state index in [1.54, 1.807) is 0 Å². The lowest BCUT2D eigenvalue weighted by molar-refractivity contribution is 0.284. The zero-order valence-electron chi connectivity index (χ0n) is 25.6. The molecule has 0 spiro atoms. The molecule has 0 saturated heterocycles. The van der Waals surface area contributed by atoms with Crippen LogP contribution in [0.1, 0.15) is 5.56 Å². The van der Waals surface area contributed by atoms with Crippen molar-refractivity contribution in [3.05, 3.63) is 129 Å². The van der Waals surface area contributed by atoms with Crippen molar-refractivity contribution in [2.24, 2.45) is 0 Å². The predicted octanol–water partition coefficient (Wildman–Crippen LogP) is 9.18. The second-order valence-electron chi connectivity index (χ2n) is 10.9. The molecule has 6 aromatic rings. The quantitative estimate of drug-likeness (QED) is 0.0624. The van der Waals surface area contributed by atoms with Crippen LogP contribution in [-0.2, 0) is 6.61 Å². The normalized spacial score (nSPS) is 11.5. The summed E-state index contributed by atoms with van der Waals surface area (Å²) < 4.78 is 234. The van der Waals surface area contributed by atoms with E-state index >= 15 is 26.3 Å². The predicted molar refractivity (Wildman–Crippen MR) is 156 cm³/mol. The summed E-state index contributed by atoms with van der Waals surface area (Å²) in [5.74, 6) is -44.3. The van der Waals surface area contributed by atoms with Gasteiger partial charge in [-0.05, 0) is 11.6 Å². The van der Waals surface area contributed by atoms with Crippen LogP contribution >= 0.6 is 0 Å². The first-order chi connectivity index (χ1) is 25.4. The lowest BCUT2D eigenvalue weighted by Crippen LogP contribution is -2.21. The highest BCUT2D eigenvalue weighted by atomic mass is 19.2. The summed E-state index contributed by atoms with van der Waals surface area (Å²) in [4.78, 5) is 1.90. The third-order valence-electron chi connectivity index (χ3n) is 7.85. The number of aromatic nitrogens is 1. The van der Waals surface area contributed by atoms with Gasteiger partial charge in [0.25, 0.3) is 0 Å². The average molecular weight is 781 g/mol. The Hall–Kier alpha value is -5.83. The molecule has 0 amide bonds. The first-order valence-electron chi connectivity index (χ1n) is 14.4. The van der Waals surface area contributed by atoms with Crippen molar-refractivity contribution in [1.29, 1.82) is 0 Å². The highest BCUT2D eigenvalue weighted by molar-refractivity contribution is 6.34. The van der Waals surface area contributed by atoms with Crippen LogP contribution < -0.4 is 9.39 Å². The minimum absolute atomic E-state index is 0.0193. The van der Waals surface area contributed by atoms with Gasteiger partial charge in [0.1, 0.15) is 12.4 Å². The van der Waals surface area contributed by atoms with Crippen molar-refractivity contribution in [2.45, 2.75) is 6.61 Å². The minimum Gasteiger partial charge on any atom is -0.498 e. The van der Waals surface area contributed by atoms with Crippen molar-refractivity contribution < 1.29 is 85.3 Å². The molecule has 0 aliphatic rings. The van der Waals surface area contributed by atoms with E-state index in [1.807, 2.05) is 4.98 Å². The zero-order valence-corrected chi connectivity index (χ0v) is 25.6. The number of halogens is 15. The number of ether oxygens (including phenoxy) is 1. The lowest BCUT2D eigenvalue weighted by Gasteiger charge is -2.21. The Morgan fingerprint density at radius 1 is 0.481 bits per heavy atom. The Bertz CT molecular complexity index is 2440. The smallest absolute Gasteiger partial charge is 0.498 e. The molecule has 0 radical (unpaired) electrons. The number of hydrogen-bond donors (Lipinski definition) is 3. The third kappa shape index (κ3) is 5.83. The van der Waals surface area contributed by atoms with Crippen LogP contribution in [0.2, 0.25) is 0 Å². The molecule has 6 rings (SSSR count). The number of benzene rings is 5. The number of aromatic amines is 1. The van der Waals surface area contributed by atoms with Crippen LogP contribution in [0.25, 0.3) is 44.3 Å². The second kappa shape index (κ2) is 13.9. The van der Waals surface area contributed by atoms with Gasteiger partial charge in [-0.3, -0.25) is 0 Å². The fourth-order valence-corrected chi connectivity index (χ4v) is 5.55. The number of rotatable bonds is 8. The van der Waals surface area contributed by atoms with Gasteiger partial charge >= 0.3 is 7.32 Å². The van der Waals surface area contributed by atoms with Gasteiger partial charge in [-0.15, -0.1) is 0 Å². The number of nitrogens with one attached hydrogen (secondary N) is 1. The van der Waals surface area contributed by atoms with E-state index in [0.29, 0.717) is 0 Å². The topological polar surface area (TPSA) is 74.7 Å². The molecule has 5 nitrogen and oxygen atoms in total. The van der Waals surface area contributed by atoms with Crippen LogP contribution in [0, 0.1) is 87.3 Å². The molecule has 0 unspecified atom stereocenters. The summed E-state index contributed by atoms with van der Waals surface area (Å²) >= 11 is 0. The van der Waals surface area contributed by atoms with Gasteiger partial charge in [-0.2, -0.15) is 0 Å². The van der Waals surface area contributed by atoms with E-state index < -0.39 is 157 Å². The lowest BCUT2D eigenvalue weighted by atomic mass is 9.89. The van der Waals surface area contributed by atoms with E-state index in [1.165, 1.54) is 30.3 Å². The Morgan fingerprint density at radius 2 is 0.870 bits per heavy atom. The summed E-state index contributed by atoms with van der Waals surface area (Å²) in [6, 6.07) is 6.86. The van der Waals surface area contributed by atoms with Crippen molar-refractivity contribution in [2.75, 3.05) is 0 Å². The van der Waals surface area contributed by atoms with Crippen molar-refractivity contribution in [3.63, 3.8) is 0 Å². The van der Waals surface area contributed by atoms with Gasteiger partial charge in [0, 0.05) is 16.5 Å². The molecule has 0 fully saturated rings. The molecule has 54 heavy (non-hydrogen) atoms. The first-order valence-corrected chi connectivity index (χ1v) is 14.4. The maximum atomic E-state index is 15.8. The van der Waals surface area contributed by atoms with Crippen LogP contribution in [0.3, 0.4) is 0 Å². The van der Waals surface area contributed by atoms with Gasteiger partial charge in [-0.25, -0.2) is 65.9 Å². The van der Waals surface area contributed by atoms with Crippen LogP contribution in [0.4, 0.5) is 65.9 Å². The van der Waals surface area contributed by atoms with E-state index in [2.05, 4.69) is 4.65 Å². The highest BCUT2D eigenvalue weighted by Crippen LogP contribution is 2.54. The Balaban J connectivity index is 1.95. The standard InChI is InChI=1S/C33H11BF15NO4/c35-17-11(18(36)24(42)29(47)23(17)41)9-6-10-12(14(33(50-10)54-34(51)52)16-21(39)27(45)31(49)28(46)22(16)40)13(32(9)53-7-8-4-2-1-3-5-8)15-19(37)25(43)30(48)26(44)20(15)38/h1-6,50-52H,7H2. The summed E-state index contributed by atoms with van der Waals surface area (Å²) in [6.07, 6.45) is 0. The number of fused-ring (bicyclic) bond motifs is 1. The molecule has 21 heteroatoms. The Morgan fingerprint density at radius 3 is 1.30 bits per heavy atom. The SMILES string of the molecule is OB(O)Oc1[nH]c2cc(-c3c(F)c(F)c(F)c(F)c3F)c(OCc3ccccc3)c(-c3c(F)c(F)c(F)c(F)c3F)c2c1-c1c(F)c(F)c(F)c(F)c1F. The molecule has 0 aliphatic carbocycles. The molecular formula is C33H11BF15NO4. The summed E-state index contributed by atoms with van der Waals surface area (Å²) in [5.41, 5.74) is -12.4.